The first-order valence-electron chi connectivity index (χ1n) is 11.3. The van der Waals surface area contributed by atoms with Crippen molar-refractivity contribution >= 4 is 26.8 Å². The average molecular weight is 504 g/mol. The van der Waals surface area contributed by atoms with Gasteiger partial charge in [-0.15, -0.1) is 0 Å². The summed E-state index contributed by atoms with van der Waals surface area (Å²) in [5.41, 5.74) is 3.08. The van der Waals surface area contributed by atoms with Gasteiger partial charge in [0, 0.05) is 30.6 Å². The monoisotopic (exact) mass is 503 g/mol. The largest absolute Gasteiger partial charge is 0.492 e. The number of nitrogens with one attached hydrogen (secondary N) is 1. The number of anilines is 1. The second-order valence-corrected chi connectivity index (χ2v) is 9.86. The lowest BCUT2D eigenvalue weighted by Crippen LogP contribution is -2.15. The predicted molar refractivity (Wildman–Crippen MR) is 130 cm³/mol. The number of sulfonamides is 1. The molecule has 0 saturated carbocycles. The van der Waals surface area contributed by atoms with Crippen LogP contribution in [0.3, 0.4) is 0 Å². The Kier molecular flexibility index (Phi) is 5.53. The van der Waals surface area contributed by atoms with Crippen LogP contribution in [0.2, 0.25) is 0 Å². The Morgan fingerprint density at radius 2 is 1.97 bits per heavy atom. The number of fused-ring (bicyclic) bond motifs is 3. The van der Waals surface area contributed by atoms with Gasteiger partial charge in [-0.3, -0.25) is 14.4 Å². The van der Waals surface area contributed by atoms with Gasteiger partial charge in [0.2, 0.25) is 0 Å². The number of rotatable bonds is 8. The van der Waals surface area contributed by atoms with E-state index in [-0.39, 0.29) is 23.1 Å². The van der Waals surface area contributed by atoms with Crippen molar-refractivity contribution in [2.24, 2.45) is 0 Å². The molecule has 2 aromatic carbocycles. The van der Waals surface area contributed by atoms with Crippen LogP contribution >= 0.6 is 0 Å². The minimum atomic E-state index is -4.07. The second-order valence-electron chi connectivity index (χ2n) is 8.21. The molecule has 6 rings (SSSR count). The van der Waals surface area contributed by atoms with Crippen LogP contribution in [0.1, 0.15) is 16.8 Å². The molecule has 1 N–H and O–H groups in total. The first kappa shape index (κ1) is 22.1. The molecule has 0 saturated heterocycles. The topological polar surface area (TPSA) is 121 Å². The number of hydrogen-bond donors (Lipinski definition) is 1. The molecule has 0 amide bonds. The van der Waals surface area contributed by atoms with Crippen LogP contribution in [0.25, 0.3) is 11.0 Å². The fourth-order valence-corrected chi connectivity index (χ4v) is 5.39. The summed E-state index contributed by atoms with van der Waals surface area (Å²) < 4.78 is 48.4. The zero-order valence-corrected chi connectivity index (χ0v) is 19.8. The summed E-state index contributed by atoms with van der Waals surface area (Å²) in [6.07, 6.45) is 5.94. The summed E-state index contributed by atoms with van der Waals surface area (Å²) in [6, 6.07) is 15.6. The number of benzene rings is 2. The molecular formula is C25H21N5O5S. The highest BCUT2D eigenvalue weighted by Crippen LogP contribution is 2.41. The van der Waals surface area contributed by atoms with Crippen LogP contribution in [0.4, 0.5) is 5.82 Å². The van der Waals surface area contributed by atoms with Crippen LogP contribution in [0.15, 0.2) is 82.6 Å². The molecule has 0 bridgehead atoms. The van der Waals surface area contributed by atoms with Gasteiger partial charge in [-0.2, -0.15) is 5.10 Å². The maximum absolute atomic E-state index is 13.4. The van der Waals surface area contributed by atoms with Crippen LogP contribution in [0.5, 0.6) is 11.5 Å². The van der Waals surface area contributed by atoms with E-state index in [0.29, 0.717) is 42.0 Å². The molecule has 0 unspecified atom stereocenters. The molecule has 1 aliphatic rings. The first-order valence-corrected chi connectivity index (χ1v) is 12.8. The molecule has 0 radical (unpaired) electrons. The van der Waals surface area contributed by atoms with E-state index in [1.165, 1.54) is 6.07 Å². The fourth-order valence-electron chi connectivity index (χ4n) is 4.24. The Hall–Kier alpha value is -4.38. The highest BCUT2D eigenvalue weighted by Gasteiger charge is 2.28. The molecule has 0 aliphatic carbocycles. The van der Waals surface area contributed by atoms with E-state index in [1.807, 2.05) is 29.1 Å². The number of nitrogens with zero attached hydrogens (tertiary/aromatic N) is 4. The molecule has 36 heavy (non-hydrogen) atoms. The van der Waals surface area contributed by atoms with Crippen molar-refractivity contribution in [3.8, 4) is 11.5 Å². The lowest BCUT2D eigenvalue weighted by Gasteiger charge is -2.13. The van der Waals surface area contributed by atoms with E-state index in [0.717, 1.165) is 11.1 Å². The molecule has 0 atom stereocenters. The molecule has 182 valence electrons. The minimum absolute atomic E-state index is 0.0232. The van der Waals surface area contributed by atoms with Crippen molar-refractivity contribution in [2.45, 2.75) is 24.5 Å². The average Bonchev–Trinajstić information content (AvgIpc) is 3.65. The third-order valence-corrected chi connectivity index (χ3v) is 7.25. The van der Waals surface area contributed by atoms with E-state index in [2.05, 4.69) is 20.0 Å². The maximum atomic E-state index is 13.4. The SMILES string of the molecule is O=S(=O)(Nc1noc2cc(Cn3cccn3)c3c(c12)OCC3)c1ccccc1OCc1ccccn1. The molecule has 10 nitrogen and oxygen atoms in total. The molecular weight excluding hydrogens is 482 g/mol. The first-order chi connectivity index (χ1) is 17.6. The van der Waals surface area contributed by atoms with E-state index in [1.54, 1.807) is 42.7 Å². The van der Waals surface area contributed by atoms with E-state index in [9.17, 15) is 8.42 Å². The predicted octanol–water partition coefficient (Wildman–Crippen LogP) is 3.78. The Bertz CT molecular complexity index is 1630. The highest BCUT2D eigenvalue weighted by molar-refractivity contribution is 7.92. The van der Waals surface area contributed by atoms with Gasteiger partial charge in [0.1, 0.15) is 28.4 Å². The fraction of sp³-hybridized carbons (Fsp3) is 0.160. The van der Waals surface area contributed by atoms with Gasteiger partial charge in [-0.1, -0.05) is 23.4 Å². The van der Waals surface area contributed by atoms with Crippen LogP contribution in [-0.4, -0.2) is 34.9 Å². The highest BCUT2D eigenvalue weighted by atomic mass is 32.2. The van der Waals surface area contributed by atoms with Crippen LogP contribution in [0, 0.1) is 0 Å². The molecule has 0 fully saturated rings. The second kappa shape index (κ2) is 9.00. The number of hydrogen-bond acceptors (Lipinski definition) is 8. The Morgan fingerprint density at radius 1 is 1.08 bits per heavy atom. The smallest absolute Gasteiger partial charge is 0.266 e. The normalized spacial score (nSPS) is 12.9. The zero-order chi connectivity index (χ0) is 24.5. The van der Waals surface area contributed by atoms with Gasteiger partial charge in [0.25, 0.3) is 10.0 Å². The van der Waals surface area contributed by atoms with Gasteiger partial charge in [0.15, 0.2) is 11.4 Å². The van der Waals surface area contributed by atoms with Gasteiger partial charge in [0.05, 0.1) is 18.8 Å². The number of pyridine rings is 1. The van der Waals surface area contributed by atoms with Gasteiger partial charge in [-0.05, 0) is 42.0 Å². The summed E-state index contributed by atoms with van der Waals surface area (Å²) in [7, 11) is -4.07. The Labute approximate surface area is 206 Å². The maximum Gasteiger partial charge on any atom is 0.266 e. The minimum Gasteiger partial charge on any atom is -0.492 e. The quantitative estimate of drug-likeness (QED) is 0.340. The molecule has 0 spiro atoms. The van der Waals surface area contributed by atoms with Crippen molar-refractivity contribution in [3.05, 3.63) is 90.0 Å². The van der Waals surface area contributed by atoms with E-state index >= 15 is 0 Å². The van der Waals surface area contributed by atoms with Gasteiger partial charge in [-0.25, -0.2) is 8.42 Å². The van der Waals surface area contributed by atoms with Crippen LogP contribution in [-0.2, 0) is 29.6 Å². The molecule has 3 aromatic heterocycles. The summed E-state index contributed by atoms with van der Waals surface area (Å²) in [6.45, 7) is 1.15. The van der Waals surface area contributed by atoms with Crippen molar-refractivity contribution in [1.82, 2.24) is 19.9 Å². The molecule has 5 aromatic rings. The van der Waals surface area contributed by atoms with E-state index < -0.39 is 10.0 Å². The summed E-state index contributed by atoms with van der Waals surface area (Å²) in [4.78, 5) is 4.19. The Balaban J connectivity index is 1.32. The summed E-state index contributed by atoms with van der Waals surface area (Å²) in [5, 5.41) is 8.78. The lowest BCUT2D eigenvalue weighted by molar-refractivity contribution is 0.293. The number of para-hydroxylation sites is 1. The summed E-state index contributed by atoms with van der Waals surface area (Å²) >= 11 is 0. The number of ether oxygens (including phenoxy) is 2. The third-order valence-electron chi connectivity index (χ3n) is 5.87. The van der Waals surface area contributed by atoms with E-state index in [4.69, 9.17) is 14.0 Å². The van der Waals surface area contributed by atoms with Crippen molar-refractivity contribution in [3.63, 3.8) is 0 Å². The van der Waals surface area contributed by atoms with Gasteiger partial charge >= 0.3 is 0 Å². The van der Waals surface area contributed by atoms with Crippen molar-refractivity contribution in [1.29, 1.82) is 0 Å². The molecule has 11 heteroatoms. The van der Waals surface area contributed by atoms with Crippen molar-refractivity contribution < 1.29 is 22.4 Å². The van der Waals surface area contributed by atoms with Gasteiger partial charge < -0.3 is 14.0 Å². The van der Waals surface area contributed by atoms with Crippen LogP contribution < -0.4 is 14.2 Å². The molecule has 1 aliphatic heterocycles. The Morgan fingerprint density at radius 3 is 2.81 bits per heavy atom. The number of aromatic nitrogens is 4. The summed E-state index contributed by atoms with van der Waals surface area (Å²) in [5.74, 6) is 0.841. The molecule has 4 heterocycles. The zero-order valence-electron chi connectivity index (χ0n) is 19.0. The van der Waals surface area contributed by atoms with Crippen molar-refractivity contribution in [2.75, 3.05) is 11.3 Å². The third kappa shape index (κ3) is 4.13. The standard InChI is InChI=1S/C25H21N5O5S/c31-36(32,22-8-2-1-7-20(22)34-16-18-6-3-4-10-26-18)29-25-23-21(35-28-25)14-17(15-30-12-5-11-27-30)19-9-13-33-24(19)23/h1-8,10-12,14H,9,13,15-16H2,(H,28,29). The lowest BCUT2D eigenvalue weighted by atomic mass is 10.0.